The lowest BCUT2D eigenvalue weighted by Gasteiger charge is -2.05. The van der Waals surface area contributed by atoms with E-state index in [1.807, 2.05) is 5.10 Å². The van der Waals surface area contributed by atoms with Gasteiger partial charge in [0.2, 0.25) is 0 Å². The van der Waals surface area contributed by atoms with Gasteiger partial charge in [0.15, 0.2) is 0 Å². The van der Waals surface area contributed by atoms with Gasteiger partial charge in [-0.3, -0.25) is 9.89 Å². The average molecular weight is 325 g/mol. The first-order valence-corrected chi connectivity index (χ1v) is 6.75. The Morgan fingerprint density at radius 3 is 2.14 bits per heavy atom. The van der Waals surface area contributed by atoms with Crippen LogP contribution in [-0.2, 0) is 16.2 Å². The molecule has 2 aromatic rings. The highest BCUT2D eigenvalue weighted by Gasteiger charge is 2.33. The Morgan fingerprint density at radius 2 is 1.71 bits per heavy atom. The van der Waals surface area contributed by atoms with E-state index in [0.29, 0.717) is 15.7 Å². The van der Waals surface area contributed by atoms with E-state index in [0.717, 1.165) is 24.3 Å². The first-order chi connectivity index (χ1) is 9.65. The van der Waals surface area contributed by atoms with Crippen molar-refractivity contribution in [3.05, 3.63) is 46.4 Å². The van der Waals surface area contributed by atoms with Crippen molar-refractivity contribution in [2.45, 2.75) is 11.1 Å². The molecule has 0 spiro atoms. The van der Waals surface area contributed by atoms with Gasteiger partial charge < -0.3 is 0 Å². The Morgan fingerprint density at radius 1 is 1.14 bits per heavy atom. The van der Waals surface area contributed by atoms with E-state index in [4.69, 9.17) is 0 Å². The number of H-pyrrole nitrogens is 1. The zero-order valence-corrected chi connectivity index (χ0v) is 10.8. The first-order valence-electron chi connectivity index (χ1n) is 5.27. The third-order valence-electron chi connectivity index (χ3n) is 2.53. The van der Waals surface area contributed by atoms with Crippen LogP contribution in [0.25, 0.3) is 5.69 Å². The molecule has 0 amide bonds. The van der Waals surface area contributed by atoms with Crippen molar-refractivity contribution >= 4 is 10.0 Å². The van der Waals surface area contributed by atoms with Crippen molar-refractivity contribution in [3.8, 4) is 5.69 Å². The molecule has 0 saturated carbocycles. The van der Waals surface area contributed by atoms with Gasteiger partial charge in [-0.1, -0.05) is 0 Å². The van der Waals surface area contributed by atoms with Crippen molar-refractivity contribution in [3.63, 3.8) is 0 Å². The van der Waals surface area contributed by atoms with Crippen LogP contribution in [0.3, 0.4) is 0 Å². The second kappa shape index (κ2) is 5.00. The fraction of sp³-hybridized carbons (Fsp3) is 0.100. The van der Waals surface area contributed by atoms with E-state index in [9.17, 15) is 30.9 Å². The van der Waals surface area contributed by atoms with Crippen LogP contribution in [-0.4, -0.2) is 18.2 Å². The van der Waals surface area contributed by atoms with Crippen molar-refractivity contribution in [1.29, 1.82) is 0 Å². The zero-order chi connectivity index (χ0) is 15.8. The molecule has 1 aromatic carbocycles. The molecule has 0 aliphatic rings. The van der Waals surface area contributed by atoms with Gasteiger partial charge in [-0.25, -0.2) is 13.1 Å². The van der Waals surface area contributed by atoms with Crippen LogP contribution in [0.1, 0.15) is 5.69 Å². The van der Waals surface area contributed by atoms with Crippen molar-refractivity contribution in [1.82, 2.24) is 14.7 Å². The molecule has 0 fully saturated rings. The van der Waals surface area contributed by atoms with E-state index in [1.54, 1.807) is 0 Å². The molecular weight excluding hydrogens is 318 g/mol. The third kappa shape index (κ3) is 2.97. The van der Waals surface area contributed by atoms with Gasteiger partial charge in [0.1, 0.15) is 5.69 Å². The monoisotopic (exact) mass is 325 g/mol. The van der Waals surface area contributed by atoms with Crippen LogP contribution in [0, 0.1) is 0 Å². The van der Waals surface area contributed by atoms with E-state index in [2.05, 4.69) is 0 Å². The molecular formula is C10H7F4N3O3S. The molecule has 0 radical (unpaired) electrons. The normalized spacial score (nSPS) is 12.6. The summed E-state index contributed by atoms with van der Waals surface area (Å²) in [4.78, 5) is 11.6. The van der Waals surface area contributed by atoms with Crippen molar-refractivity contribution in [2.24, 2.45) is 0 Å². The number of nitrogens with zero attached hydrogens (tertiary/aromatic N) is 1. The molecule has 0 aliphatic heterocycles. The third-order valence-corrected chi connectivity index (χ3v) is 3.63. The SMILES string of the molecule is O=c1cc(C(F)(F)F)[nH]n1-c1ccc(S(=O)(=O)NF)cc1. The molecule has 0 atom stereocenters. The molecule has 2 N–H and O–H groups in total. The molecule has 1 aromatic heterocycles. The van der Waals surface area contributed by atoms with Gasteiger partial charge in [-0.15, -0.1) is 4.48 Å². The van der Waals surface area contributed by atoms with E-state index < -0.39 is 32.3 Å². The zero-order valence-electron chi connectivity index (χ0n) is 9.98. The van der Waals surface area contributed by atoms with Gasteiger partial charge >= 0.3 is 6.18 Å². The highest BCUT2D eigenvalue weighted by atomic mass is 32.2. The number of hydrogen-bond acceptors (Lipinski definition) is 3. The van der Waals surface area contributed by atoms with E-state index in [-0.39, 0.29) is 5.69 Å². The van der Waals surface area contributed by atoms with Gasteiger partial charge in [0.05, 0.1) is 10.6 Å². The summed E-state index contributed by atoms with van der Waals surface area (Å²) in [6.45, 7) is 0. The number of rotatable bonds is 3. The minimum Gasteiger partial charge on any atom is -0.286 e. The molecule has 21 heavy (non-hydrogen) atoms. The van der Waals surface area contributed by atoms with Crippen LogP contribution in [0.2, 0.25) is 0 Å². The molecule has 0 bridgehead atoms. The molecule has 0 aliphatic carbocycles. The Bertz CT molecular complexity index is 805. The molecule has 1 heterocycles. The molecule has 2 rings (SSSR count). The summed E-state index contributed by atoms with van der Waals surface area (Å²) in [5, 5.41) is 1.85. The van der Waals surface area contributed by atoms with Crippen molar-refractivity contribution < 1.29 is 26.1 Å². The number of aromatic amines is 1. The van der Waals surface area contributed by atoms with Gasteiger partial charge in [0.25, 0.3) is 15.6 Å². The average Bonchev–Trinajstić information content (AvgIpc) is 2.81. The summed E-state index contributed by atoms with van der Waals surface area (Å²) in [5.74, 6) is 0. The van der Waals surface area contributed by atoms with Crippen LogP contribution in [0.5, 0.6) is 0 Å². The summed E-state index contributed by atoms with van der Waals surface area (Å²) >= 11 is 0. The molecule has 6 nitrogen and oxygen atoms in total. The van der Waals surface area contributed by atoms with E-state index in [1.165, 1.54) is 0 Å². The van der Waals surface area contributed by atoms with Crippen molar-refractivity contribution in [2.75, 3.05) is 0 Å². The smallest absolute Gasteiger partial charge is 0.286 e. The lowest BCUT2D eigenvalue weighted by molar-refractivity contribution is -0.141. The number of alkyl halides is 3. The van der Waals surface area contributed by atoms with Crippen LogP contribution in [0.4, 0.5) is 17.7 Å². The lowest BCUT2D eigenvalue weighted by atomic mass is 10.3. The maximum absolute atomic E-state index is 12.5. The fourth-order valence-electron chi connectivity index (χ4n) is 1.55. The second-order valence-corrected chi connectivity index (χ2v) is 5.55. The van der Waals surface area contributed by atoms with Crippen LogP contribution in [0.15, 0.2) is 40.0 Å². The maximum atomic E-state index is 12.5. The van der Waals surface area contributed by atoms with Gasteiger partial charge in [-0.05, 0) is 29.2 Å². The number of aromatic nitrogens is 2. The number of nitrogens with one attached hydrogen (secondary N) is 2. The Balaban J connectivity index is 2.45. The standard InChI is InChI=1S/C10H7F4N3O3S/c11-10(12,13)8-5-9(18)17(15-8)6-1-3-7(4-2-6)21(19,20)16-14/h1-5,15-16H. The quantitative estimate of drug-likeness (QED) is 0.660. The second-order valence-electron chi connectivity index (χ2n) is 3.92. The maximum Gasteiger partial charge on any atom is 0.432 e. The summed E-state index contributed by atoms with van der Waals surface area (Å²) in [7, 11) is -4.32. The number of hydrogen-bond donors (Lipinski definition) is 2. The minimum absolute atomic E-state index is 0.0340. The predicted molar refractivity (Wildman–Crippen MR) is 62.8 cm³/mol. The van der Waals surface area contributed by atoms with Gasteiger partial charge in [0, 0.05) is 6.07 Å². The predicted octanol–water partition coefficient (Wildman–Crippen LogP) is 1.35. The van der Waals surface area contributed by atoms with E-state index >= 15 is 0 Å². The highest BCUT2D eigenvalue weighted by Crippen LogP contribution is 2.26. The molecule has 0 unspecified atom stereocenters. The minimum atomic E-state index is -4.72. The Labute approximate surface area is 115 Å². The first kappa shape index (κ1) is 15.3. The molecule has 0 saturated heterocycles. The van der Waals surface area contributed by atoms with Crippen LogP contribution < -0.4 is 10.5 Å². The Hall–Kier alpha value is -2.14. The van der Waals surface area contributed by atoms with Gasteiger partial charge in [-0.2, -0.15) is 13.2 Å². The number of halogens is 4. The number of sulfonamides is 1. The highest BCUT2D eigenvalue weighted by molar-refractivity contribution is 7.89. The summed E-state index contributed by atoms with van der Waals surface area (Å²) < 4.78 is 72.3. The lowest BCUT2D eigenvalue weighted by Crippen LogP contribution is -2.16. The topological polar surface area (TPSA) is 84.0 Å². The Kier molecular flexibility index (Phi) is 3.63. The molecule has 114 valence electrons. The summed E-state index contributed by atoms with van der Waals surface area (Å²) in [6.07, 6.45) is -4.72. The number of benzene rings is 1. The molecule has 11 heteroatoms. The largest absolute Gasteiger partial charge is 0.432 e. The fourth-order valence-corrected chi connectivity index (χ4v) is 2.14. The summed E-state index contributed by atoms with van der Waals surface area (Å²) in [6, 6.07) is 4.37. The summed E-state index contributed by atoms with van der Waals surface area (Å²) in [5.41, 5.74) is -2.25. The van der Waals surface area contributed by atoms with Crippen LogP contribution >= 0.6 is 0 Å².